The summed E-state index contributed by atoms with van der Waals surface area (Å²) in [6.45, 7) is -2.59. The Morgan fingerprint density at radius 3 is 2.09 bits per heavy atom. The van der Waals surface area contributed by atoms with Gasteiger partial charge >= 0.3 is 0 Å². The summed E-state index contributed by atoms with van der Waals surface area (Å²) in [5.41, 5.74) is 0. The highest BCUT2D eigenvalue weighted by molar-refractivity contribution is 4.89. The molecule has 1 heterocycles. The average Bonchev–Trinajstić information content (AvgIpc) is 2.56. The lowest BCUT2D eigenvalue weighted by Crippen LogP contribution is -2.59. The van der Waals surface area contributed by atoms with Crippen molar-refractivity contribution in [1.29, 1.82) is 0 Å². The van der Waals surface area contributed by atoms with Crippen LogP contribution in [0.3, 0.4) is 0 Å². The van der Waals surface area contributed by atoms with Crippen LogP contribution >= 0.6 is 0 Å². The van der Waals surface area contributed by atoms with Crippen molar-refractivity contribution in [1.82, 2.24) is 0 Å². The molecule has 0 aromatic carbocycles. The maximum absolute atomic E-state index is 9.77. The predicted molar refractivity (Wildman–Crippen MR) is 70.8 cm³/mol. The van der Waals surface area contributed by atoms with Crippen LogP contribution in [0.4, 0.5) is 0 Å². The van der Waals surface area contributed by atoms with Gasteiger partial charge in [-0.3, -0.25) is 0 Å². The summed E-state index contributed by atoms with van der Waals surface area (Å²) < 4.78 is 15.1. The first-order valence-corrected chi connectivity index (χ1v) is 7.01. The molecule has 0 saturated carbocycles. The molecule has 1 aliphatic rings. The summed E-state index contributed by atoms with van der Waals surface area (Å²) in [7, 11) is 0. The van der Waals surface area contributed by atoms with Crippen LogP contribution in [0.2, 0.25) is 0 Å². The maximum atomic E-state index is 9.77. The minimum Gasteiger partial charge on any atom is -0.394 e. The molecule has 8 N–H and O–H groups in total. The van der Waals surface area contributed by atoms with Gasteiger partial charge in [-0.15, -0.1) is 0 Å². The normalized spacial score (nSPS) is 35.7. The summed E-state index contributed by atoms with van der Waals surface area (Å²) in [4.78, 5) is 0. The zero-order valence-electron chi connectivity index (χ0n) is 12.2. The van der Waals surface area contributed by atoms with Crippen LogP contribution in [-0.4, -0.2) is 116 Å². The van der Waals surface area contributed by atoms with Crippen LogP contribution in [0.1, 0.15) is 0 Å². The van der Waals surface area contributed by atoms with Crippen molar-refractivity contribution in [3.63, 3.8) is 0 Å². The Bertz CT molecular complexity index is 328. The van der Waals surface area contributed by atoms with Crippen LogP contribution < -0.4 is 0 Å². The second-order valence-electron chi connectivity index (χ2n) is 5.09. The molecule has 11 nitrogen and oxygen atoms in total. The lowest BCUT2D eigenvalue weighted by Gasteiger charge is -2.40. The molecule has 1 rings (SSSR count). The SMILES string of the molecule is OCC(O)OC(COC1OC(CO)C(O)C(O)C1O)C(O)CO. The lowest BCUT2D eigenvalue weighted by atomic mass is 9.99. The Balaban J connectivity index is 2.64. The number of hydrogen-bond donors (Lipinski definition) is 8. The van der Waals surface area contributed by atoms with Gasteiger partial charge in [-0.05, 0) is 0 Å². The highest BCUT2D eigenvalue weighted by Gasteiger charge is 2.44. The highest BCUT2D eigenvalue weighted by Crippen LogP contribution is 2.22. The molecule has 0 aromatic rings. The molecule has 0 spiro atoms. The second kappa shape index (κ2) is 9.76. The van der Waals surface area contributed by atoms with E-state index in [0.29, 0.717) is 0 Å². The van der Waals surface area contributed by atoms with Gasteiger partial charge in [-0.25, -0.2) is 0 Å². The fraction of sp³-hybridized carbons (Fsp3) is 1.00. The van der Waals surface area contributed by atoms with Crippen molar-refractivity contribution in [3.8, 4) is 0 Å². The van der Waals surface area contributed by atoms with Crippen molar-refractivity contribution in [2.45, 2.75) is 49.2 Å². The standard InChI is InChI=1S/C12H24O11/c13-1-5(16)7(22-8(17)3-15)4-21-12-11(20)10(19)9(18)6(2-14)23-12/h5-20H,1-4H2. The number of hydrogen-bond acceptors (Lipinski definition) is 11. The molecule has 0 amide bonds. The van der Waals surface area contributed by atoms with Crippen molar-refractivity contribution < 1.29 is 55.1 Å². The average molecular weight is 344 g/mol. The van der Waals surface area contributed by atoms with Crippen LogP contribution in [-0.2, 0) is 14.2 Å². The van der Waals surface area contributed by atoms with E-state index in [1.165, 1.54) is 0 Å². The Hall–Kier alpha value is -0.440. The quantitative estimate of drug-likeness (QED) is 0.187. The van der Waals surface area contributed by atoms with Gasteiger partial charge in [-0.2, -0.15) is 0 Å². The van der Waals surface area contributed by atoms with Gasteiger partial charge in [0.2, 0.25) is 0 Å². The van der Waals surface area contributed by atoms with Gasteiger partial charge in [0.25, 0.3) is 0 Å². The van der Waals surface area contributed by atoms with Crippen LogP contribution in [0.25, 0.3) is 0 Å². The number of ether oxygens (including phenoxy) is 3. The first-order chi connectivity index (χ1) is 10.8. The fourth-order valence-corrected chi connectivity index (χ4v) is 2.00. The first kappa shape index (κ1) is 20.6. The zero-order chi connectivity index (χ0) is 17.6. The molecule has 0 radical (unpaired) electrons. The number of aliphatic hydroxyl groups is 8. The number of rotatable bonds is 9. The summed E-state index contributed by atoms with van der Waals surface area (Å²) in [5.74, 6) is 0. The van der Waals surface area contributed by atoms with Gasteiger partial charge in [0.05, 0.1) is 26.4 Å². The van der Waals surface area contributed by atoms with E-state index >= 15 is 0 Å². The van der Waals surface area contributed by atoms with E-state index in [0.717, 1.165) is 0 Å². The Morgan fingerprint density at radius 2 is 1.57 bits per heavy atom. The third-order valence-corrected chi connectivity index (χ3v) is 3.38. The molecule has 1 saturated heterocycles. The molecule has 0 bridgehead atoms. The van der Waals surface area contributed by atoms with E-state index < -0.39 is 75.6 Å². The molecule has 1 fully saturated rings. The van der Waals surface area contributed by atoms with Crippen LogP contribution in [0.5, 0.6) is 0 Å². The van der Waals surface area contributed by atoms with Crippen molar-refractivity contribution in [3.05, 3.63) is 0 Å². The van der Waals surface area contributed by atoms with Gasteiger partial charge in [0, 0.05) is 0 Å². The molecule has 23 heavy (non-hydrogen) atoms. The monoisotopic (exact) mass is 344 g/mol. The van der Waals surface area contributed by atoms with Gasteiger partial charge in [-0.1, -0.05) is 0 Å². The van der Waals surface area contributed by atoms with Crippen molar-refractivity contribution in [2.75, 3.05) is 26.4 Å². The molecule has 1 aliphatic heterocycles. The molecule has 8 unspecified atom stereocenters. The molecule has 0 aromatic heterocycles. The Labute approximate surface area is 131 Å². The minimum atomic E-state index is -1.64. The molecular weight excluding hydrogens is 320 g/mol. The predicted octanol–water partition coefficient (Wildman–Crippen LogP) is -5.15. The first-order valence-electron chi connectivity index (χ1n) is 7.01. The molecule has 8 atom stereocenters. The molecule has 11 heteroatoms. The highest BCUT2D eigenvalue weighted by atomic mass is 16.7. The van der Waals surface area contributed by atoms with E-state index in [9.17, 15) is 25.5 Å². The molecule has 0 aliphatic carbocycles. The van der Waals surface area contributed by atoms with Crippen LogP contribution in [0, 0.1) is 0 Å². The Morgan fingerprint density at radius 1 is 0.913 bits per heavy atom. The fourth-order valence-electron chi connectivity index (χ4n) is 2.00. The van der Waals surface area contributed by atoms with E-state index in [2.05, 4.69) is 0 Å². The maximum Gasteiger partial charge on any atom is 0.186 e. The third-order valence-electron chi connectivity index (χ3n) is 3.38. The largest absolute Gasteiger partial charge is 0.394 e. The van der Waals surface area contributed by atoms with E-state index in [1.54, 1.807) is 0 Å². The summed E-state index contributed by atoms with van der Waals surface area (Å²) in [6.07, 6.45) is -11.8. The van der Waals surface area contributed by atoms with E-state index in [-0.39, 0.29) is 0 Å². The molecule has 138 valence electrons. The zero-order valence-corrected chi connectivity index (χ0v) is 12.2. The minimum absolute atomic E-state index is 0.485. The second-order valence-corrected chi connectivity index (χ2v) is 5.09. The molecular formula is C12H24O11. The van der Waals surface area contributed by atoms with Gasteiger partial charge < -0.3 is 55.1 Å². The number of aliphatic hydroxyl groups excluding tert-OH is 8. The van der Waals surface area contributed by atoms with E-state index in [1.807, 2.05) is 0 Å². The van der Waals surface area contributed by atoms with Crippen molar-refractivity contribution >= 4 is 0 Å². The topological polar surface area (TPSA) is 190 Å². The third kappa shape index (κ3) is 5.55. The van der Waals surface area contributed by atoms with Crippen molar-refractivity contribution in [2.24, 2.45) is 0 Å². The smallest absolute Gasteiger partial charge is 0.186 e. The lowest BCUT2D eigenvalue weighted by molar-refractivity contribution is -0.311. The summed E-state index contributed by atoms with van der Waals surface area (Å²) in [5, 5.41) is 74.5. The van der Waals surface area contributed by atoms with E-state index in [4.69, 9.17) is 29.5 Å². The summed E-state index contributed by atoms with van der Waals surface area (Å²) in [6, 6.07) is 0. The van der Waals surface area contributed by atoms with Crippen LogP contribution in [0.15, 0.2) is 0 Å². The summed E-state index contributed by atoms with van der Waals surface area (Å²) >= 11 is 0. The van der Waals surface area contributed by atoms with Gasteiger partial charge in [0.15, 0.2) is 12.6 Å². The van der Waals surface area contributed by atoms with Gasteiger partial charge in [0.1, 0.15) is 36.6 Å². The Kier molecular flexibility index (Phi) is 8.74.